The summed E-state index contributed by atoms with van der Waals surface area (Å²) < 4.78 is 39.9. The molecule has 1 aliphatic heterocycles. The Morgan fingerprint density at radius 2 is 1.81 bits per heavy atom. The van der Waals surface area contributed by atoms with E-state index in [1.807, 2.05) is 49.3 Å². The van der Waals surface area contributed by atoms with Gasteiger partial charge in [0.05, 0.1) is 16.8 Å². The number of hydrogen-bond donors (Lipinski definition) is 1. The van der Waals surface area contributed by atoms with E-state index in [9.17, 15) is 18.0 Å². The molecule has 3 rings (SSSR count). The number of benzene rings is 2. The van der Waals surface area contributed by atoms with Crippen molar-refractivity contribution in [1.82, 2.24) is 4.90 Å². The van der Waals surface area contributed by atoms with Gasteiger partial charge in [-0.25, -0.2) is 4.99 Å². The van der Waals surface area contributed by atoms with E-state index >= 15 is 0 Å². The molecule has 0 radical (unpaired) electrons. The first-order valence-corrected chi connectivity index (χ1v) is 8.60. The number of anilines is 1. The number of nitrogens with one attached hydrogen (secondary N) is 1. The van der Waals surface area contributed by atoms with Crippen molar-refractivity contribution in [2.24, 2.45) is 0 Å². The topological polar surface area (TPSA) is 37.5 Å². The Bertz CT molecular complexity index is 861. The number of carbonyl (C=O) groups excluding carboxylic acids is 1. The largest absolute Gasteiger partial charge is 0.416 e. The molecule has 0 spiro atoms. The predicted octanol–water partition coefficient (Wildman–Crippen LogP) is 1.53. The minimum atomic E-state index is -4.46. The molecule has 1 N–H and O–H groups in total. The van der Waals surface area contributed by atoms with Gasteiger partial charge in [0.1, 0.15) is 0 Å². The molecule has 0 saturated heterocycles. The molecule has 0 bridgehead atoms. The Kier molecular flexibility index (Phi) is 5.32. The Balaban J connectivity index is 2.15. The molecular formula is C20H21F3N3O+. The number of hydrogen-bond acceptors (Lipinski definition) is 2. The van der Waals surface area contributed by atoms with Crippen LogP contribution in [0.15, 0.2) is 48.5 Å². The molecular weight excluding hydrogens is 355 g/mol. The second-order valence-corrected chi connectivity index (χ2v) is 6.67. The second kappa shape index (κ2) is 7.52. The number of amides is 1. The van der Waals surface area contributed by atoms with Crippen LogP contribution in [0.25, 0.3) is 0 Å². The monoisotopic (exact) mass is 376 g/mol. The van der Waals surface area contributed by atoms with Gasteiger partial charge in [0, 0.05) is 18.7 Å². The van der Waals surface area contributed by atoms with Gasteiger partial charge in [-0.05, 0) is 44.4 Å². The molecule has 0 fully saturated rings. The molecule has 2 aromatic rings. The van der Waals surface area contributed by atoms with Gasteiger partial charge in [0.15, 0.2) is 0 Å². The third-order valence-electron chi connectivity index (χ3n) is 4.43. The average molecular weight is 376 g/mol. The average Bonchev–Trinajstić information content (AvgIpc) is 2.75. The van der Waals surface area contributed by atoms with Crippen LogP contribution in [-0.4, -0.2) is 50.2 Å². The highest BCUT2D eigenvalue weighted by Gasteiger charge is 2.35. The molecule has 2 aromatic carbocycles. The summed E-state index contributed by atoms with van der Waals surface area (Å²) >= 11 is 0. The fraction of sp³-hybridized carbons (Fsp3) is 0.300. The Labute approximate surface area is 155 Å². The molecule has 1 amide bonds. The van der Waals surface area contributed by atoms with Crippen molar-refractivity contribution in [2.45, 2.75) is 6.18 Å². The summed E-state index contributed by atoms with van der Waals surface area (Å²) in [6.45, 7) is 1.02. The zero-order chi connectivity index (χ0) is 19.6. The van der Waals surface area contributed by atoms with Gasteiger partial charge in [0.25, 0.3) is 5.91 Å². The summed E-state index contributed by atoms with van der Waals surface area (Å²) in [6.07, 6.45) is -4.46. The van der Waals surface area contributed by atoms with Gasteiger partial charge in [-0.2, -0.15) is 13.2 Å². The number of carbonyl (C=O) groups is 1. The second-order valence-electron chi connectivity index (χ2n) is 6.67. The maximum Gasteiger partial charge on any atom is 0.416 e. The quantitative estimate of drug-likeness (QED) is 0.879. The van der Waals surface area contributed by atoms with Gasteiger partial charge in [-0.3, -0.25) is 4.79 Å². The smallest absolute Gasteiger partial charge is 0.308 e. The fourth-order valence-electron chi connectivity index (χ4n) is 3.04. The third-order valence-corrected chi connectivity index (χ3v) is 4.43. The lowest BCUT2D eigenvalue weighted by molar-refractivity contribution is -0.442. The number of alkyl halides is 3. The van der Waals surface area contributed by atoms with E-state index in [4.69, 9.17) is 0 Å². The molecule has 1 aliphatic rings. The van der Waals surface area contributed by atoms with Crippen LogP contribution in [0.1, 0.15) is 16.7 Å². The van der Waals surface area contributed by atoms with E-state index < -0.39 is 11.7 Å². The standard InChI is InChI=1S/C20H20F3N3O/c1-25(2)10-11-26-17-9-8-15(20(21,22)23)12-16(17)19(24-13-18(26)27)14-6-4-3-5-7-14/h3-9,12H,10-11,13H2,1-2H3/p+1. The number of fused-ring (bicyclic) bond motifs is 1. The number of nitrogens with zero attached hydrogens (tertiary/aromatic N) is 2. The van der Waals surface area contributed by atoms with E-state index in [2.05, 4.69) is 4.99 Å². The van der Waals surface area contributed by atoms with Crippen molar-refractivity contribution in [3.05, 3.63) is 65.2 Å². The first-order valence-electron chi connectivity index (χ1n) is 8.60. The SMILES string of the molecule is CN(C)CCN1C(=O)C[NH+]=C(c2ccccc2)c2cc(C(F)(F)F)ccc21. The highest BCUT2D eigenvalue weighted by molar-refractivity contribution is 6.15. The van der Waals surface area contributed by atoms with Crippen LogP contribution >= 0.6 is 0 Å². The van der Waals surface area contributed by atoms with Crippen LogP contribution in [0, 0.1) is 0 Å². The van der Waals surface area contributed by atoms with E-state index in [0.29, 0.717) is 30.1 Å². The Morgan fingerprint density at radius 1 is 1.11 bits per heavy atom. The van der Waals surface area contributed by atoms with Crippen molar-refractivity contribution in [2.75, 3.05) is 38.6 Å². The van der Waals surface area contributed by atoms with Crippen LogP contribution in [-0.2, 0) is 11.0 Å². The third kappa shape index (κ3) is 4.19. The van der Waals surface area contributed by atoms with Crippen molar-refractivity contribution >= 4 is 17.3 Å². The van der Waals surface area contributed by atoms with Gasteiger partial charge < -0.3 is 9.80 Å². The Morgan fingerprint density at radius 3 is 2.44 bits per heavy atom. The molecule has 27 heavy (non-hydrogen) atoms. The zero-order valence-electron chi connectivity index (χ0n) is 15.2. The number of halogens is 3. The van der Waals surface area contributed by atoms with E-state index in [1.165, 1.54) is 6.07 Å². The van der Waals surface area contributed by atoms with Crippen LogP contribution in [0.2, 0.25) is 0 Å². The number of likely N-dealkylation sites (N-methyl/N-ethyl adjacent to an activating group) is 1. The first-order chi connectivity index (χ1) is 12.8. The van der Waals surface area contributed by atoms with Gasteiger partial charge in [0.2, 0.25) is 12.3 Å². The molecule has 7 heteroatoms. The lowest BCUT2D eigenvalue weighted by Crippen LogP contribution is -2.75. The van der Waals surface area contributed by atoms with Crippen LogP contribution in [0.5, 0.6) is 0 Å². The van der Waals surface area contributed by atoms with Gasteiger partial charge in [-0.15, -0.1) is 0 Å². The predicted molar refractivity (Wildman–Crippen MR) is 97.8 cm³/mol. The van der Waals surface area contributed by atoms with Crippen molar-refractivity contribution in [3.63, 3.8) is 0 Å². The van der Waals surface area contributed by atoms with Gasteiger partial charge >= 0.3 is 6.18 Å². The Hall–Kier alpha value is -2.67. The summed E-state index contributed by atoms with van der Waals surface area (Å²) in [5.74, 6) is -0.177. The molecule has 0 unspecified atom stereocenters. The number of benzodiazepines with no additional fused rings is 1. The van der Waals surface area contributed by atoms with Crippen LogP contribution in [0.4, 0.5) is 18.9 Å². The summed E-state index contributed by atoms with van der Waals surface area (Å²) in [6, 6.07) is 12.6. The molecule has 0 saturated carbocycles. The minimum absolute atomic E-state index is 0.0215. The number of rotatable bonds is 4. The van der Waals surface area contributed by atoms with Crippen molar-refractivity contribution in [3.8, 4) is 0 Å². The molecule has 1 heterocycles. The van der Waals surface area contributed by atoms with E-state index in [-0.39, 0.29) is 12.5 Å². The van der Waals surface area contributed by atoms with Crippen molar-refractivity contribution < 1.29 is 23.0 Å². The van der Waals surface area contributed by atoms with Crippen LogP contribution < -0.4 is 9.89 Å². The highest BCUT2D eigenvalue weighted by Crippen LogP contribution is 2.34. The summed E-state index contributed by atoms with van der Waals surface area (Å²) in [7, 11) is 3.77. The lowest BCUT2D eigenvalue weighted by atomic mass is 9.98. The highest BCUT2D eigenvalue weighted by atomic mass is 19.4. The minimum Gasteiger partial charge on any atom is -0.308 e. The normalized spacial score (nSPS) is 14.8. The summed E-state index contributed by atoms with van der Waals surface area (Å²) in [4.78, 5) is 19.2. The maximum absolute atomic E-state index is 13.3. The zero-order valence-corrected chi connectivity index (χ0v) is 15.2. The fourth-order valence-corrected chi connectivity index (χ4v) is 3.04. The molecule has 0 atom stereocenters. The summed E-state index contributed by atoms with van der Waals surface area (Å²) in [5.41, 5.74) is 1.38. The van der Waals surface area contributed by atoms with Crippen molar-refractivity contribution in [1.29, 1.82) is 0 Å². The first kappa shape index (κ1) is 19.1. The van der Waals surface area contributed by atoms with Crippen LogP contribution in [0.3, 0.4) is 0 Å². The maximum atomic E-state index is 13.3. The molecule has 4 nitrogen and oxygen atoms in total. The molecule has 142 valence electrons. The van der Waals surface area contributed by atoms with E-state index in [1.54, 1.807) is 4.90 Å². The molecule has 0 aliphatic carbocycles. The summed E-state index contributed by atoms with van der Waals surface area (Å²) in [5, 5.41) is 0. The van der Waals surface area contributed by atoms with Gasteiger partial charge in [-0.1, -0.05) is 18.2 Å². The lowest BCUT2D eigenvalue weighted by Gasteiger charge is -2.24. The molecule has 0 aromatic heterocycles. The van der Waals surface area contributed by atoms with E-state index in [0.717, 1.165) is 17.7 Å².